The monoisotopic (exact) mass is 268 g/mol. The molecule has 4 nitrogen and oxygen atoms in total. The first kappa shape index (κ1) is 16.2. The molecule has 1 saturated carbocycles. The maximum atomic E-state index is 12.2. The number of likely N-dealkylation sites (N-methyl/N-ethyl adjacent to an activating group) is 2. The van der Waals surface area contributed by atoms with E-state index in [0.717, 1.165) is 31.3 Å². The quantitative estimate of drug-likeness (QED) is 0.745. The number of rotatable bonds is 6. The summed E-state index contributed by atoms with van der Waals surface area (Å²) in [6.45, 7) is 9.48. The Hall–Kier alpha value is -0.870. The average molecular weight is 268 g/mol. The lowest BCUT2D eigenvalue weighted by Crippen LogP contribution is -2.48. The molecule has 1 fully saturated rings. The molecule has 1 aliphatic rings. The van der Waals surface area contributed by atoms with Crippen LogP contribution in [-0.2, 0) is 4.79 Å². The van der Waals surface area contributed by atoms with Gasteiger partial charge in [0.15, 0.2) is 0 Å². The summed E-state index contributed by atoms with van der Waals surface area (Å²) in [6, 6.07) is 0.126. The first-order chi connectivity index (χ1) is 8.95. The molecule has 0 heterocycles. The Kier molecular flexibility index (Phi) is 6.52. The third kappa shape index (κ3) is 4.96. The summed E-state index contributed by atoms with van der Waals surface area (Å²) in [6.07, 6.45) is 3.78. The van der Waals surface area contributed by atoms with Crippen molar-refractivity contribution in [1.29, 1.82) is 0 Å². The lowest BCUT2D eigenvalue weighted by Gasteiger charge is -2.35. The molecule has 0 aromatic carbocycles. The van der Waals surface area contributed by atoms with Crippen molar-refractivity contribution in [2.75, 3.05) is 26.7 Å². The van der Waals surface area contributed by atoms with Crippen LogP contribution in [0, 0.1) is 0 Å². The van der Waals surface area contributed by atoms with E-state index in [9.17, 15) is 9.90 Å². The summed E-state index contributed by atoms with van der Waals surface area (Å²) in [5, 5.41) is 10.0. The van der Waals surface area contributed by atoms with Crippen LogP contribution in [0.4, 0.5) is 0 Å². The van der Waals surface area contributed by atoms with Gasteiger partial charge in [-0.3, -0.25) is 9.69 Å². The predicted octanol–water partition coefficient (Wildman–Crippen LogP) is 1.65. The molecule has 0 aromatic heterocycles. The fraction of sp³-hybridized carbons (Fsp3) is 0.800. The van der Waals surface area contributed by atoms with Gasteiger partial charge in [0, 0.05) is 19.1 Å². The maximum Gasteiger partial charge on any atom is 0.237 e. The maximum absolute atomic E-state index is 12.2. The number of aliphatic hydroxyl groups is 1. The van der Waals surface area contributed by atoms with E-state index < -0.39 is 0 Å². The fourth-order valence-corrected chi connectivity index (χ4v) is 2.74. The van der Waals surface area contributed by atoms with Gasteiger partial charge in [0.25, 0.3) is 0 Å². The molecular weight excluding hydrogens is 240 g/mol. The van der Waals surface area contributed by atoms with Gasteiger partial charge in [-0.15, -0.1) is 0 Å². The molecule has 0 bridgehead atoms. The smallest absolute Gasteiger partial charge is 0.237 e. The lowest BCUT2D eigenvalue weighted by molar-refractivity contribution is -0.132. The summed E-state index contributed by atoms with van der Waals surface area (Å²) in [4.78, 5) is 16.1. The number of carbonyl (C=O) groups excluding carboxylic acids is 1. The normalized spacial score (nSPS) is 23.4. The van der Waals surface area contributed by atoms with Gasteiger partial charge in [-0.25, -0.2) is 0 Å². The van der Waals surface area contributed by atoms with E-state index >= 15 is 0 Å². The molecule has 0 aliphatic heterocycles. The number of amides is 1. The highest BCUT2D eigenvalue weighted by atomic mass is 16.3. The van der Waals surface area contributed by atoms with Crippen LogP contribution in [-0.4, -0.2) is 59.6 Å². The topological polar surface area (TPSA) is 43.8 Å². The van der Waals surface area contributed by atoms with Gasteiger partial charge in [-0.1, -0.05) is 25.0 Å². The molecule has 1 rings (SSSR count). The van der Waals surface area contributed by atoms with Crippen LogP contribution in [0.3, 0.4) is 0 Å². The van der Waals surface area contributed by atoms with Gasteiger partial charge in [0.05, 0.1) is 12.6 Å². The predicted molar refractivity (Wildman–Crippen MR) is 78.0 cm³/mol. The molecule has 2 atom stereocenters. The van der Waals surface area contributed by atoms with Crippen LogP contribution >= 0.6 is 0 Å². The second kappa shape index (κ2) is 7.65. The van der Waals surface area contributed by atoms with Gasteiger partial charge in [0.2, 0.25) is 5.91 Å². The van der Waals surface area contributed by atoms with E-state index in [1.807, 2.05) is 30.7 Å². The Morgan fingerprint density at radius 3 is 2.47 bits per heavy atom. The molecule has 4 heteroatoms. The van der Waals surface area contributed by atoms with E-state index in [-0.39, 0.29) is 18.1 Å². The molecule has 0 saturated heterocycles. The zero-order chi connectivity index (χ0) is 14.4. The van der Waals surface area contributed by atoms with Crippen LogP contribution in [0.1, 0.15) is 39.5 Å². The first-order valence-corrected chi connectivity index (χ1v) is 7.26. The number of nitrogens with zero attached hydrogens (tertiary/aromatic N) is 2. The van der Waals surface area contributed by atoms with Crippen molar-refractivity contribution in [3.63, 3.8) is 0 Å². The van der Waals surface area contributed by atoms with Crippen molar-refractivity contribution in [2.45, 2.75) is 51.7 Å². The van der Waals surface area contributed by atoms with Crippen molar-refractivity contribution >= 4 is 5.91 Å². The first-order valence-electron chi connectivity index (χ1n) is 7.26. The number of carbonyl (C=O) groups is 1. The summed E-state index contributed by atoms with van der Waals surface area (Å²) >= 11 is 0. The van der Waals surface area contributed by atoms with Gasteiger partial charge in [-0.2, -0.15) is 0 Å². The Labute approximate surface area is 117 Å². The van der Waals surface area contributed by atoms with E-state index in [1.165, 1.54) is 0 Å². The summed E-state index contributed by atoms with van der Waals surface area (Å²) < 4.78 is 0. The third-order valence-electron chi connectivity index (χ3n) is 3.84. The largest absolute Gasteiger partial charge is 0.391 e. The third-order valence-corrected chi connectivity index (χ3v) is 3.84. The van der Waals surface area contributed by atoms with Gasteiger partial charge in [0.1, 0.15) is 0 Å². The highest BCUT2D eigenvalue weighted by molar-refractivity contribution is 5.78. The molecule has 19 heavy (non-hydrogen) atoms. The minimum Gasteiger partial charge on any atom is -0.391 e. The van der Waals surface area contributed by atoms with Crippen molar-refractivity contribution < 1.29 is 9.90 Å². The molecule has 2 unspecified atom stereocenters. The van der Waals surface area contributed by atoms with Gasteiger partial charge in [-0.05, 0) is 33.7 Å². The molecule has 1 aliphatic carbocycles. The highest BCUT2D eigenvalue weighted by Crippen LogP contribution is 2.22. The van der Waals surface area contributed by atoms with Crippen molar-refractivity contribution in [1.82, 2.24) is 9.80 Å². The lowest BCUT2D eigenvalue weighted by atomic mass is 9.91. The standard InChI is InChI=1S/C15H28N2O2/c1-5-17(10-12(2)3)15(19)11-16(4)13-8-6-7-9-14(13)18/h13-14,18H,2,5-11H2,1,3-4H3. The molecule has 110 valence electrons. The van der Waals surface area contributed by atoms with Gasteiger partial charge >= 0.3 is 0 Å². The Balaban J connectivity index is 2.51. The Morgan fingerprint density at radius 2 is 1.95 bits per heavy atom. The van der Waals surface area contributed by atoms with E-state index in [2.05, 4.69) is 6.58 Å². The summed E-state index contributed by atoms with van der Waals surface area (Å²) in [5.74, 6) is 0.116. The van der Waals surface area contributed by atoms with Crippen molar-refractivity contribution in [3.05, 3.63) is 12.2 Å². The second-order valence-corrected chi connectivity index (χ2v) is 5.70. The second-order valence-electron chi connectivity index (χ2n) is 5.70. The average Bonchev–Trinajstić information content (AvgIpc) is 2.35. The Morgan fingerprint density at radius 1 is 1.32 bits per heavy atom. The minimum absolute atomic E-state index is 0.116. The summed E-state index contributed by atoms with van der Waals surface area (Å²) in [7, 11) is 1.94. The fourth-order valence-electron chi connectivity index (χ4n) is 2.74. The van der Waals surface area contributed by atoms with E-state index in [0.29, 0.717) is 19.6 Å². The highest BCUT2D eigenvalue weighted by Gasteiger charge is 2.28. The number of aliphatic hydroxyl groups excluding tert-OH is 1. The van der Waals surface area contributed by atoms with Gasteiger partial charge < -0.3 is 10.0 Å². The molecule has 0 spiro atoms. The van der Waals surface area contributed by atoms with E-state index in [4.69, 9.17) is 0 Å². The number of hydrogen-bond donors (Lipinski definition) is 1. The van der Waals surface area contributed by atoms with Crippen LogP contribution in [0.15, 0.2) is 12.2 Å². The Bertz CT molecular complexity index is 317. The summed E-state index contributed by atoms with van der Waals surface area (Å²) in [5.41, 5.74) is 0.996. The number of hydrogen-bond acceptors (Lipinski definition) is 3. The molecule has 1 amide bonds. The van der Waals surface area contributed by atoms with Crippen LogP contribution < -0.4 is 0 Å². The van der Waals surface area contributed by atoms with Crippen LogP contribution in [0.5, 0.6) is 0 Å². The zero-order valence-corrected chi connectivity index (χ0v) is 12.6. The molecule has 0 radical (unpaired) electrons. The van der Waals surface area contributed by atoms with E-state index in [1.54, 1.807) is 0 Å². The minimum atomic E-state index is -0.289. The SMILES string of the molecule is C=C(C)CN(CC)C(=O)CN(C)C1CCCCC1O. The van der Waals surface area contributed by atoms with Crippen molar-refractivity contribution in [3.8, 4) is 0 Å². The zero-order valence-electron chi connectivity index (χ0n) is 12.6. The molecule has 1 N–H and O–H groups in total. The molecular formula is C15H28N2O2. The van der Waals surface area contributed by atoms with Crippen LogP contribution in [0.25, 0.3) is 0 Å². The van der Waals surface area contributed by atoms with Crippen molar-refractivity contribution in [2.24, 2.45) is 0 Å². The molecule has 0 aromatic rings. The van der Waals surface area contributed by atoms with Crippen LogP contribution in [0.2, 0.25) is 0 Å².